The molecular weight excluding hydrogens is 504 g/mol. The van der Waals surface area contributed by atoms with Gasteiger partial charge in [-0.3, -0.25) is 9.59 Å². The highest BCUT2D eigenvalue weighted by Gasteiger charge is 2.22. The van der Waals surface area contributed by atoms with Crippen LogP contribution in [0.1, 0.15) is 31.8 Å². The number of aromatic hydroxyl groups is 1. The Labute approximate surface area is 221 Å². The van der Waals surface area contributed by atoms with Crippen LogP contribution < -0.4 is 14.8 Å². The molecule has 4 aromatic carbocycles. The summed E-state index contributed by atoms with van der Waals surface area (Å²) >= 11 is 0. The van der Waals surface area contributed by atoms with Crippen LogP contribution in [0.4, 0.5) is 0 Å². The average molecular weight is 531 g/mol. The number of hydrogen-bond donors (Lipinski definition) is 3. The molecule has 0 spiro atoms. The number of hydrogen-bond acceptors (Lipinski definition) is 6. The van der Waals surface area contributed by atoms with Gasteiger partial charge in [0, 0.05) is 12.1 Å². The van der Waals surface area contributed by atoms with Crippen LogP contribution in [-0.2, 0) is 22.3 Å². The van der Waals surface area contributed by atoms with Gasteiger partial charge in [-0.2, -0.15) is 0 Å². The van der Waals surface area contributed by atoms with Gasteiger partial charge in [0.2, 0.25) is 10.0 Å². The van der Waals surface area contributed by atoms with Crippen molar-refractivity contribution < 1.29 is 27.9 Å². The molecule has 0 fully saturated rings. The number of carbonyl (C=O) groups is 2. The van der Waals surface area contributed by atoms with E-state index in [1.807, 2.05) is 47.2 Å². The summed E-state index contributed by atoms with van der Waals surface area (Å²) in [6.07, 6.45) is 0. The van der Waals surface area contributed by atoms with Crippen LogP contribution in [0, 0.1) is 0 Å². The Morgan fingerprint density at radius 3 is 2.03 bits per heavy atom. The first-order valence-corrected chi connectivity index (χ1v) is 13.3. The van der Waals surface area contributed by atoms with Crippen LogP contribution >= 0.6 is 0 Å². The first-order valence-electron chi connectivity index (χ1n) is 11.7. The molecular formula is C29H26N2O6S. The molecule has 3 N–H and O–H groups in total. The standard InChI is InChI=1S/C29H26N2O6S/c1-37-26-17-21(18-30-28(33)24-14-12-23(13-15-24)22-10-6-3-7-11-22)16-25(27(26)32)29(34)31-38(35,36)19-20-8-4-2-5-9-20/h2-17,32H,18-19H2,1H3,(H,30,33)(H,31,34). The highest BCUT2D eigenvalue weighted by atomic mass is 32.2. The van der Waals surface area contributed by atoms with Gasteiger partial charge in [-0.05, 0) is 46.5 Å². The summed E-state index contributed by atoms with van der Waals surface area (Å²) in [5, 5.41) is 13.2. The molecule has 0 aromatic heterocycles. The first kappa shape index (κ1) is 26.4. The van der Waals surface area contributed by atoms with E-state index in [0.717, 1.165) is 11.1 Å². The number of carbonyl (C=O) groups excluding carboxylic acids is 2. The highest BCUT2D eigenvalue weighted by Crippen LogP contribution is 2.32. The predicted octanol–water partition coefficient (Wildman–Crippen LogP) is 4.26. The molecule has 9 heteroatoms. The maximum absolute atomic E-state index is 12.8. The summed E-state index contributed by atoms with van der Waals surface area (Å²) in [5.41, 5.74) is 3.09. The fourth-order valence-corrected chi connectivity index (χ4v) is 4.95. The second-order valence-corrected chi connectivity index (χ2v) is 10.2. The summed E-state index contributed by atoms with van der Waals surface area (Å²) in [7, 11) is -2.73. The SMILES string of the molecule is COc1cc(CNC(=O)c2ccc(-c3ccccc3)cc2)cc(C(=O)NS(=O)(=O)Cc2ccccc2)c1O. The van der Waals surface area contributed by atoms with Gasteiger partial charge >= 0.3 is 0 Å². The molecule has 4 aromatic rings. The van der Waals surface area contributed by atoms with Crippen LogP contribution in [0.15, 0.2) is 97.1 Å². The van der Waals surface area contributed by atoms with Crippen molar-refractivity contribution in [3.63, 3.8) is 0 Å². The zero-order chi connectivity index (χ0) is 27.1. The third-order valence-electron chi connectivity index (χ3n) is 5.75. The Hall–Kier alpha value is -4.63. The molecule has 0 aliphatic carbocycles. The zero-order valence-corrected chi connectivity index (χ0v) is 21.4. The topological polar surface area (TPSA) is 122 Å². The first-order chi connectivity index (χ1) is 18.3. The second kappa shape index (κ2) is 11.6. The number of phenols is 1. The van der Waals surface area contributed by atoms with Crippen molar-refractivity contribution in [2.75, 3.05) is 7.11 Å². The predicted molar refractivity (Wildman–Crippen MR) is 144 cm³/mol. The van der Waals surface area contributed by atoms with E-state index in [4.69, 9.17) is 4.74 Å². The fourth-order valence-electron chi connectivity index (χ4n) is 3.85. The van der Waals surface area contributed by atoms with Gasteiger partial charge in [-0.25, -0.2) is 13.1 Å². The van der Waals surface area contributed by atoms with Gasteiger partial charge in [-0.15, -0.1) is 0 Å². The van der Waals surface area contributed by atoms with E-state index >= 15 is 0 Å². The van der Waals surface area contributed by atoms with Crippen molar-refractivity contribution in [2.45, 2.75) is 12.3 Å². The number of benzene rings is 4. The minimum absolute atomic E-state index is 0.00690. The molecule has 0 unspecified atom stereocenters. The van der Waals surface area contributed by atoms with Crippen LogP contribution in [0.5, 0.6) is 11.5 Å². The van der Waals surface area contributed by atoms with Crippen molar-refractivity contribution >= 4 is 21.8 Å². The largest absolute Gasteiger partial charge is 0.504 e. The van der Waals surface area contributed by atoms with Gasteiger partial charge in [0.05, 0.1) is 18.4 Å². The Morgan fingerprint density at radius 2 is 1.39 bits per heavy atom. The Morgan fingerprint density at radius 1 is 0.789 bits per heavy atom. The maximum atomic E-state index is 12.8. The smallest absolute Gasteiger partial charge is 0.268 e. The number of phenolic OH excluding ortho intramolecular Hbond substituents is 1. The Kier molecular flexibility index (Phi) is 8.08. The molecule has 8 nitrogen and oxygen atoms in total. The van der Waals surface area contributed by atoms with Gasteiger partial charge in [0.25, 0.3) is 11.8 Å². The minimum Gasteiger partial charge on any atom is -0.504 e. The van der Waals surface area contributed by atoms with Crippen LogP contribution in [0.3, 0.4) is 0 Å². The number of sulfonamides is 1. The molecule has 0 saturated heterocycles. The maximum Gasteiger partial charge on any atom is 0.268 e. The number of ether oxygens (including phenoxy) is 1. The van der Waals surface area contributed by atoms with Gasteiger partial charge in [0.15, 0.2) is 11.5 Å². The summed E-state index contributed by atoms with van der Waals surface area (Å²) in [4.78, 5) is 25.5. The van der Waals surface area contributed by atoms with E-state index in [-0.39, 0.29) is 23.8 Å². The monoisotopic (exact) mass is 530 g/mol. The summed E-state index contributed by atoms with van der Waals surface area (Å²) in [5.74, 6) is -2.30. The van der Waals surface area contributed by atoms with E-state index in [1.54, 1.807) is 42.5 Å². The van der Waals surface area contributed by atoms with E-state index in [9.17, 15) is 23.1 Å². The summed E-state index contributed by atoms with van der Waals surface area (Å²) < 4.78 is 32.2. The summed E-state index contributed by atoms with van der Waals surface area (Å²) in [6.45, 7) is 0.00690. The Balaban J connectivity index is 1.46. The molecule has 0 aliphatic heterocycles. The molecule has 4 rings (SSSR count). The third-order valence-corrected chi connectivity index (χ3v) is 6.96. The minimum atomic E-state index is -4.04. The lowest BCUT2D eigenvalue weighted by molar-refractivity contribution is 0.0949. The summed E-state index contributed by atoms with van der Waals surface area (Å²) in [6, 6.07) is 28.1. The molecule has 0 atom stereocenters. The van der Waals surface area contributed by atoms with Crippen molar-refractivity contribution in [1.82, 2.24) is 10.0 Å². The van der Waals surface area contributed by atoms with Crippen LogP contribution in [0.2, 0.25) is 0 Å². The zero-order valence-electron chi connectivity index (χ0n) is 20.5. The van der Waals surface area contributed by atoms with Crippen molar-refractivity contribution in [2.24, 2.45) is 0 Å². The molecule has 2 amide bonds. The second-order valence-electron chi connectivity index (χ2n) is 8.50. The normalized spacial score (nSPS) is 11.0. The fraction of sp³-hybridized carbons (Fsp3) is 0.103. The lowest BCUT2D eigenvalue weighted by Crippen LogP contribution is -2.32. The number of nitrogens with one attached hydrogen (secondary N) is 2. The molecule has 0 heterocycles. The van der Waals surface area contributed by atoms with E-state index in [0.29, 0.717) is 16.7 Å². The average Bonchev–Trinajstić information content (AvgIpc) is 2.92. The van der Waals surface area contributed by atoms with Crippen LogP contribution in [-0.4, -0.2) is 32.4 Å². The van der Waals surface area contributed by atoms with Crippen molar-refractivity contribution in [3.8, 4) is 22.6 Å². The van der Waals surface area contributed by atoms with E-state index in [2.05, 4.69) is 5.32 Å². The number of rotatable bonds is 9. The lowest BCUT2D eigenvalue weighted by Gasteiger charge is -2.13. The molecule has 0 bridgehead atoms. The molecule has 0 radical (unpaired) electrons. The number of methoxy groups -OCH3 is 1. The third kappa shape index (κ3) is 6.57. The molecule has 0 saturated carbocycles. The molecule has 38 heavy (non-hydrogen) atoms. The highest BCUT2D eigenvalue weighted by molar-refractivity contribution is 7.89. The van der Waals surface area contributed by atoms with Crippen molar-refractivity contribution in [3.05, 3.63) is 119 Å². The van der Waals surface area contributed by atoms with Gasteiger partial charge < -0.3 is 15.2 Å². The van der Waals surface area contributed by atoms with E-state index in [1.165, 1.54) is 19.2 Å². The van der Waals surface area contributed by atoms with Crippen LogP contribution in [0.25, 0.3) is 11.1 Å². The van der Waals surface area contributed by atoms with Crippen molar-refractivity contribution in [1.29, 1.82) is 0 Å². The van der Waals surface area contributed by atoms with E-state index < -0.39 is 27.4 Å². The Bertz CT molecular complexity index is 1540. The molecule has 194 valence electrons. The van der Waals surface area contributed by atoms with Gasteiger partial charge in [-0.1, -0.05) is 72.8 Å². The lowest BCUT2D eigenvalue weighted by atomic mass is 10.0. The molecule has 0 aliphatic rings. The quantitative estimate of drug-likeness (QED) is 0.297. The van der Waals surface area contributed by atoms with Gasteiger partial charge in [0.1, 0.15) is 0 Å². The number of amides is 2.